The van der Waals surface area contributed by atoms with E-state index >= 15 is 0 Å². The number of nitrogens with zero attached hydrogens (tertiary/aromatic N) is 2. The molecule has 0 saturated carbocycles. The van der Waals surface area contributed by atoms with Crippen LogP contribution in [0.4, 0.5) is 9.18 Å². The van der Waals surface area contributed by atoms with Gasteiger partial charge >= 0.3 is 6.09 Å². The first-order valence-electron chi connectivity index (χ1n) is 7.43. The third-order valence-electron chi connectivity index (χ3n) is 3.68. The number of rotatable bonds is 2. The minimum absolute atomic E-state index is 0.137. The summed E-state index contributed by atoms with van der Waals surface area (Å²) in [5, 5.41) is 0. The van der Waals surface area contributed by atoms with E-state index in [4.69, 9.17) is 9.47 Å². The number of hydrogen-bond donors (Lipinski definition) is 0. The fourth-order valence-corrected chi connectivity index (χ4v) is 3.15. The van der Waals surface area contributed by atoms with E-state index in [0.29, 0.717) is 17.8 Å². The topological polar surface area (TPSA) is 51.7 Å². The number of fused-ring (bicyclic) bond motifs is 1. The molecule has 124 valence electrons. The standard InChI is InChI=1S/C16H19FN2O3S/c1-9-12(7-19(9)15(20)22-16(2,3)4)21-11-5-10(17)6-13-14(11)18-8-23-13/h5-6,8-9,12H,7H2,1-4H3. The molecule has 1 aliphatic heterocycles. The van der Waals surface area contributed by atoms with Crippen LogP contribution >= 0.6 is 11.3 Å². The minimum atomic E-state index is -0.530. The van der Waals surface area contributed by atoms with Gasteiger partial charge in [-0.15, -0.1) is 11.3 Å². The van der Waals surface area contributed by atoms with Crippen molar-refractivity contribution in [2.45, 2.75) is 45.4 Å². The van der Waals surface area contributed by atoms with E-state index in [-0.39, 0.29) is 24.1 Å². The van der Waals surface area contributed by atoms with Gasteiger partial charge in [0.2, 0.25) is 0 Å². The molecular weight excluding hydrogens is 319 g/mol. The predicted octanol–water partition coefficient (Wildman–Crippen LogP) is 3.82. The first-order chi connectivity index (χ1) is 10.7. The van der Waals surface area contributed by atoms with Crippen LogP contribution in [0.15, 0.2) is 17.6 Å². The summed E-state index contributed by atoms with van der Waals surface area (Å²) in [4.78, 5) is 17.9. The third-order valence-corrected chi connectivity index (χ3v) is 4.45. The average molecular weight is 338 g/mol. The Morgan fingerprint density at radius 1 is 1.43 bits per heavy atom. The molecule has 23 heavy (non-hydrogen) atoms. The lowest BCUT2D eigenvalue weighted by atomic mass is 10.0. The number of carbonyl (C=O) groups is 1. The number of aromatic nitrogens is 1. The molecule has 5 nitrogen and oxygen atoms in total. The maximum Gasteiger partial charge on any atom is 0.410 e. The van der Waals surface area contributed by atoms with Crippen LogP contribution < -0.4 is 4.74 Å². The molecular formula is C16H19FN2O3S. The Kier molecular flexibility index (Phi) is 3.91. The SMILES string of the molecule is CC1C(Oc2cc(F)cc3scnc23)CN1C(=O)OC(C)(C)C. The maximum absolute atomic E-state index is 13.6. The number of carbonyl (C=O) groups excluding carboxylic acids is 1. The van der Waals surface area contributed by atoms with E-state index in [1.54, 1.807) is 10.4 Å². The normalized spacial score (nSPS) is 21.2. The van der Waals surface area contributed by atoms with Crippen molar-refractivity contribution in [1.29, 1.82) is 0 Å². The number of benzene rings is 1. The Morgan fingerprint density at radius 2 is 2.17 bits per heavy atom. The molecule has 0 bridgehead atoms. The summed E-state index contributed by atoms with van der Waals surface area (Å²) in [5.74, 6) is 0.0645. The van der Waals surface area contributed by atoms with Gasteiger partial charge in [-0.05, 0) is 33.8 Å². The number of hydrogen-bond acceptors (Lipinski definition) is 5. The Labute approximate surface area is 138 Å². The lowest BCUT2D eigenvalue weighted by Crippen LogP contribution is -2.63. The van der Waals surface area contributed by atoms with E-state index in [2.05, 4.69) is 4.98 Å². The van der Waals surface area contributed by atoms with Crippen LogP contribution in [-0.4, -0.2) is 40.3 Å². The van der Waals surface area contributed by atoms with Crippen LogP contribution in [0.25, 0.3) is 10.2 Å². The zero-order valence-electron chi connectivity index (χ0n) is 13.5. The highest BCUT2D eigenvalue weighted by atomic mass is 32.1. The second-order valence-electron chi connectivity index (χ2n) is 6.63. The van der Waals surface area contributed by atoms with Crippen molar-refractivity contribution in [3.63, 3.8) is 0 Å². The molecule has 1 aliphatic rings. The highest BCUT2D eigenvalue weighted by Crippen LogP contribution is 2.32. The van der Waals surface area contributed by atoms with E-state index in [1.807, 2.05) is 27.7 Å². The van der Waals surface area contributed by atoms with Gasteiger partial charge in [0.1, 0.15) is 28.8 Å². The first kappa shape index (κ1) is 16.0. The number of amides is 1. The number of ether oxygens (including phenoxy) is 2. The van der Waals surface area contributed by atoms with Crippen LogP contribution in [0.3, 0.4) is 0 Å². The number of halogens is 1. The minimum Gasteiger partial charge on any atom is -0.484 e. The zero-order valence-corrected chi connectivity index (χ0v) is 14.3. The van der Waals surface area contributed by atoms with Gasteiger partial charge in [0.05, 0.1) is 22.8 Å². The summed E-state index contributed by atoms with van der Waals surface area (Å²) in [6.45, 7) is 7.78. The van der Waals surface area contributed by atoms with Crippen molar-refractivity contribution in [3.8, 4) is 5.75 Å². The van der Waals surface area contributed by atoms with Crippen molar-refractivity contribution in [1.82, 2.24) is 9.88 Å². The maximum atomic E-state index is 13.6. The molecule has 0 spiro atoms. The summed E-state index contributed by atoms with van der Waals surface area (Å²) in [5.41, 5.74) is 1.78. The fourth-order valence-electron chi connectivity index (χ4n) is 2.43. The van der Waals surface area contributed by atoms with Gasteiger partial charge < -0.3 is 9.47 Å². The van der Waals surface area contributed by atoms with Gasteiger partial charge in [-0.25, -0.2) is 14.2 Å². The Morgan fingerprint density at radius 3 is 2.83 bits per heavy atom. The van der Waals surface area contributed by atoms with Crippen LogP contribution in [0.2, 0.25) is 0 Å². The molecule has 2 aromatic rings. The zero-order chi connectivity index (χ0) is 16.8. The van der Waals surface area contributed by atoms with Gasteiger partial charge in [0.15, 0.2) is 0 Å². The third kappa shape index (κ3) is 3.24. The average Bonchev–Trinajstić information content (AvgIpc) is 2.88. The summed E-state index contributed by atoms with van der Waals surface area (Å²) < 4.78 is 25.6. The molecule has 1 amide bonds. The lowest BCUT2D eigenvalue weighted by molar-refractivity contribution is -0.0532. The van der Waals surface area contributed by atoms with Gasteiger partial charge in [-0.2, -0.15) is 0 Å². The van der Waals surface area contributed by atoms with E-state index in [0.717, 1.165) is 4.70 Å². The van der Waals surface area contributed by atoms with Crippen LogP contribution in [-0.2, 0) is 4.74 Å². The van der Waals surface area contributed by atoms with Gasteiger partial charge in [-0.3, -0.25) is 4.90 Å². The molecule has 1 aromatic carbocycles. The molecule has 2 heterocycles. The smallest absolute Gasteiger partial charge is 0.410 e. The lowest BCUT2D eigenvalue weighted by Gasteiger charge is -2.45. The molecule has 3 rings (SSSR count). The second kappa shape index (κ2) is 5.63. The fraction of sp³-hybridized carbons (Fsp3) is 0.500. The first-order valence-corrected chi connectivity index (χ1v) is 8.31. The molecule has 1 fully saturated rings. The van der Waals surface area contributed by atoms with E-state index in [9.17, 15) is 9.18 Å². The molecule has 2 atom stereocenters. The summed E-state index contributed by atoms with van der Waals surface area (Å²) >= 11 is 1.37. The molecule has 0 N–H and O–H groups in total. The Hall–Kier alpha value is -1.89. The van der Waals surface area contributed by atoms with Gasteiger partial charge in [0, 0.05) is 6.07 Å². The van der Waals surface area contributed by atoms with Gasteiger partial charge in [0.25, 0.3) is 0 Å². The highest BCUT2D eigenvalue weighted by molar-refractivity contribution is 7.16. The highest BCUT2D eigenvalue weighted by Gasteiger charge is 2.42. The van der Waals surface area contributed by atoms with Crippen molar-refractivity contribution >= 4 is 27.6 Å². The summed E-state index contributed by atoms with van der Waals surface area (Å²) in [6.07, 6.45) is -0.558. The van der Waals surface area contributed by atoms with Crippen molar-refractivity contribution in [3.05, 3.63) is 23.5 Å². The van der Waals surface area contributed by atoms with Crippen LogP contribution in [0, 0.1) is 5.82 Å². The monoisotopic (exact) mass is 338 g/mol. The molecule has 1 saturated heterocycles. The van der Waals surface area contributed by atoms with Crippen molar-refractivity contribution < 1.29 is 18.7 Å². The van der Waals surface area contributed by atoms with Crippen molar-refractivity contribution in [2.75, 3.05) is 6.54 Å². The van der Waals surface area contributed by atoms with E-state index in [1.165, 1.54) is 23.5 Å². The summed E-state index contributed by atoms with van der Waals surface area (Å²) in [6, 6.07) is 2.64. The number of thiazole rings is 1. The summed E-state index contributed by atoms with van der Waals surface area (Å²) in [7, 11) is 0. The second-order valence-corrected chi connectivity index (χ2v) is 7.52. The quantitative estimate of drug-likeness (QED) is 0.835. The van der Waals surface area contributed by atoms with Gasteiger partial charge in [-0.1, -0.05) is 0 Å². The van der Waals surface area contributed by atoms with E-state index < -0.39 is 5.60 Å². The molecule has 0 radical (unpaired) electrons. The van der Waals surface area contributed by atoms with Crippen LogP contribution in [0.5, 0.6) is 5.75 Å². The molecule has 7 heteroatoms. The van der Waals surface area contributed by atoms with Crippen molar-refractivity contribution in [2.24, 2.45) is 0 Å². The molecule has 1 aromatic heterocycles. The molecule has 0 aliphatic carbocycles. The molecule has 2 unspecified atom stereocenters. The number of likely N-dealkylation sites (tertiary alicyclic amines) is 1. The predicted molar refractivity (Wildman–Crippen MR) is 86.4 cm³/mol. The van der Waals surface area contributed by atoms with Crippen LogP contribution in [0.1, 0.15) is 27.7 Å². The largest absolute Gasteiger partial charge is 0.484 e. The Balaban J connectivity index is 1.69. The Bertz CT molecular complexity index is 740.